The van der Waals surface area contributed by atoms with Crippen LogP contribution in [0.2, 0.25) is 0 Å². The Labute approximate surface area is 200 Å². The van der Waals surface area contributed by atoms with Crippen LogP contribution in [0.3, 0.4) is 0 Å². The van der Waals surface area contributed by atoms with Crippen molar-refractivity contribution in [1.29, 1.82) is 5.41 Å². The average molecular weight is 457 g/mol. The first kappa shape index (κ1) is 23.5. The fraction of sp³-hybridized carbons (Fsp3) is 0.321. The molecule has 2 heterocycles. The molecule has 1 aromatic heterocycles. The van der Waals surface area contributed by atoms with Gasteiger partial charge in [0.1, 0.15) is 12.2 Å². The van der Waals surface area contributed by atoms with E-state index in [-0.39, 0.29) is 5.97 Å². The maximum atomic E-state index is 12.4. The maximum absolute atomic E-state index is 12.4. The molecule has 4 rings (SSSR count). The van der Waals surface area contributed by atoms with Crippen LogP contribution in [0.5, 0.6) is 0 Å². The lowest BCUT2D eigenvalue weighted by Crippen LogP contribution is -2.19. The minimum atomic E-state index is -0.361. The smallest absolute Gasteiger partial charge is 0.337 e. The number of aromatic nitrogens is 1. The number of carbonyl (C=O) groups excluding carboxylic acids is 1. The minimum absolute atomic E-state index is 0.304. The molecule has 1 fully saturated rings. The fourth-order valence-corrected chi connectivity index (χ4v) is 5.34. The molecule has 34 heavy (non-hydrogen) atoms. The van der Waals surface area contributed by atoms with Gasteiger partial charge in [-0.1, -0.05) is 50.1 Å². The van der Waals surface area contributed by atoms with Crippen LogP contribution in [0.4, 0.5) is 0 Å². The summed E-state index contributed by atoms with van der Waals surface area (Å²) in [5.74, 6) is 0.380. The number of hydrogen-bond acceptors (Lipinski definition) is 3. The van der Waals surface area contributed by atoms with E-state index in [4.69, 9.17) is 15.9 Å². The third-order valence-electron chi connectivity index (χ3n) is 6.85. The van der Waals surface area contributed by atoms with Gasteiger partial charge in [0, 0.05) is 22.0 Å². The van der Waals surface area contributed by atoms with E-state index in [0.29, 0.717) is 23.9 Å². The molecule has 2 aliphatic rings. The Bertz CT molecular complexity index is 1270. The van der Waals surface area contributed by atoms with Gasteiger partial charge in [-0.25, -0.2) is 9.79 Å². The van der Waals surface area contributed by atoms with Gasteiger partial charge in [-0.05, 0) is 55.0 Å². The second kappa shape index (κ2) is 10.1. The number of nitrogens with zero attached hydrogens (tertiary/aromatic N) is 2. The van der Waals surface area contributed by atoms with Gasteiger partial charge in [0.25, 0.3) is 0 Å². The zero-order chi connectivity index (χ0) is 24.2. The highest BCUT2D eigenvalue weighted by Gasteiger charge is 2.29. The summed E-state index contributed by atoms with van der Waals surface area (Å²) < 4.78 is 7.23. The van der Waals surface area contributed by atoms with Crippen molar-refractivity contribution >= 4 is 34.6 Å². The van der Waals surface area contributed by atoms with E-state index in [0.717, 1.165) is 52.5 Å². The summed E-state index contributed by atoms with van der Waals surface area (Å²) >= 11 is 0. The highest BCUT2D eigenvalue weighted by Crippen LogP contribution is 2.45. The standard InChI is InChI=1S/C28H32N4O2/c1-4-9-19-14-21(27(30)31-17-29)16-32-24-15-20(28(33)34-3)12-13-23(24)25(26(32)22(19)5-2)18-10-7-6-8-11-18/h4-5,9,12-15,17-18H,2,6-8,10-11,16H2,1,3H3,(H3,29,30,31)/b9-4-. The summed E-state index contributed by atoms with van der Waals surface area (Å²) in [6, 6.07) is 5.83. The van der Waals surface area contributed by atoms with Gasteiger partial charge in [-0.3, -0.25) is 5.41 Å². The number of fused-ring (bicyclic) bond motifs is 3. The molecule has 0 spiro atoms. The van der Waals surface area contributed by atoms with Gasteiger partial charge in [-0.2, -0.15) is 0 Å². The summed E-state index contributed by atoms with van der Waals surface area (Å²) in [6.45, 7) is 6.64. The van der Waals surface area contributed by atoms with Crippen LogP contribution in [0, 0.1) is 5.41 Å². The molecule has 1 aromatic carbocycles. The zero-order valence-electron chi connectivity index (χ0n) is 19.9. The molecular formula is C28H32N4O2. The number of nitrogens with two attached hydrogens (primary N) is 1. The normalized spacial score (nSPS) is 17.5. The molecule has 6 heteroatoms. The van der Waals surface area contributed by atoms with E-state index in [2.05, 4.69) is 28.3 Å². The van der Waals surface area contributed by atoms with Crippen LogP contribution >= 0.6 is 0 Å². The van der Waals surface area contributed by atoms with Crippen molar-refractivity contribution < 1.29 is 9.53 Å². The predicted octanol–water partition coefficient (Wildman–Crippen LogP) is 5.90. The molecule has 0 amide bonds. The lowest BCUT2D eigenvalue weighted by molar-refractivity contribution is 0.0601. The summed E-state index contributed by atoms with van der Waals surface area (Å²) in [5, 5.41) is 8.55. The number of hydrogen-bond donors (Lipinski definition) is 2. The Morgan fingerprint density at radius 3 is 2.71 bits per heavy atom. The molecule has 3 N–H and O–H groups in total. The number of allylic oxidation sites excluding steroid dienone is 6. The largest absolute Gasteiger partial charge is 0.465 e. The predicted molar refractivity (Wildman–Crippen MR) is 140 cm³/mol. The van der Waals surface area contributed by atoms with Crippen LogP contribution in [0.25, 0.3) is 16.5 Å². The molecule has 0 unspecified atom stereocenters. The first-order valence-electron chi connectivity index (χ1n) is 11.8. The van der Waals surface area contributed by atoms with Gasteiger partial charge in [-0.15, -0.1) is 0 Å². The molecular weight excluding hydrogens is 424 g/mol. The van der Waals surface area contributed by atoms with Gasteiger partial charge in [0.05, 0.1) is 24.9 Å². The number of amidine groups is 1. The molecule has 0 bridgehead atoms. The van der Waals surface area contributed by atoms with Crippen LogP contribution < -0.4 is 5.73 Å². The van der Waals surface area contributed by atoms with E-state index in [1.165, 1.54) is 31.9 Å². The van der Waals surface area contributed by atoms with Crippen LogP contribution in [0.1, 0.15) is 66.6 Å². The van der Waals surface area contributed by atoms with Crippen LogP contribution in [-0.2, 0) is 11.3 Å². The zero-order valence-corrected chi connectivity index (χ0v) is 19.9. The number of aliphatic imine (C=N–C) groups is 1. The lowest BCUT2D eigenvalue weighted by atomic mass is 9.81. The number of nitrogens with one attached hydrogen (secondary N) is 1. The highest BCUT2D eigenvalue weighted by molar-refractivity contribution is 6.04. The summed E-state index contributed by atoms with van der Waals surface area (Å²) in [5.41, 5.74) is 13.1. The van der Waals surface area contributed by atoms with Gasteiger partial charge >= 0.3 is 5.97 Å². The number of benzene rings is 1. The SMILES string of the molecule is C=CC1=C(/C=C\C)C=C(C(N)=NC=N)Cn2c1c(C1CCCCC1)c1ccc(C(=O)OC)cc12. The number of rotatable bonds is 6. The van der Waals surface area contributed by atoms with Crippen LogP contribution in [0.15, 0.2) is 65.2 Å². The fourth-order valence-electron chi connectivity index (χ4n) is 5.34. The van der Waals surface area contributed by atoms with Crippen molar-refractivity contribution in [2.75, 3.05) is 7.11 Å². The highest BCUT2D eigenvalue weighted by atomic mass is 16.5. The average Bonchev–Trinajstić information content (AvgIpc) is 3.07. The first-order valence-corrected chi connectivity index (χ1v) is 11.8. The van der Waals surface area contributed by atoms with E-state index in [9.17, 15) is 4.79 Å². The van der Waals surface area contributed by atoms with Crippen molar-refractivity contribution in [3.8, 4) is 0 Å². The van der Waals surface area contributed by atoms with E-state index in [1.54, 1.807) is 0 Å². The number of carbonyl (C=O) groups is 1. The second-order valence-corrected chi connectivity index (χ2v) is 8.79. The second-order valence-electron chi connectivity index (χ2n) is 8.79. The van der Waals surface area contributed by atoms with Crippen molar-refractivity contribution in [2.24, 2.45) is 10.7 Å². The van der Waals surface area contributed by atoms with Gasteiger partial charge in [0.15, 0.2) is 0 Å². The number of methoxy groups -OCH3 is 1. The van der Waals surface area contributed by atoms with Crippen LogP contribution in [-0.4, -0.2) is 29.8 Å². The van der Waals surface area contributed by atoms with Gasteiger partial charge < -0.3 is 15.0 Å². The topological polar surface area (TPSA) is 93.5 Å². The molecule has 176 valence electrons. The molecule has 6 nitrogen and oxygen atoms in total. The van der Waals surface area contributed by atoms with Crippen molar-refractivity contribution in [1.82, 2.24) is 4.57 Å². The Morgan fingerprint density at radius 2 is 2.06 bits per heavy atom. The van der Waals surface area contributed by atoms with Gasteiger partial charge in [0.2, 0.25) is 0 Å². The third kappa shape index (κ3) is 4.16. The van der Waals surface area contributed by atoms with E-state index >= 15 is 0 Å². The molecule has 0 radical (unpaired) electrons. The molecule has 0 atom stereocenters. The summed E-state index contributed by atoms with van der Waals surface area (Å²) in [6.07, 6.45) is 15.0. The monoisotopic (exact) mass is 456 g/mol. The first-order chi connectivity index (χ1) is 16.5. The molecule has 0 saturated heterocycles. The lowest BCUT2D eigenvalue weighted by Gasteiger charge is -2.24. The van der Waals surface area contributed by atoms with E-state index in [1.807, 2.05) is 37.3 Å². The number of ether oxygens (including phenoxy) is 1. The Kier molecular flexibility index (Phi) is 6.96. The minimum Gasteiger partial charge on any atom is -0.465 e. The maximum Gasteiger partial charge on any atom is 0.337 e. The molecule has 2 aromatic rings. The van der Waals surface area contributed by atoms with Crippen molar-refractivity contribution in [3.05, 3.63) is 77.0 Å². The van der Waals surface area contributed by atoms with E-state index < -0.39 is 0 Å². The summed E-state index contributed by atoms with van der Waals surface area (Å²) in [7, 11) is 1.40. The third-order valence-corrected chi connectivity index (χ3v) is 6.85. The molecule has 1 aliphatic heterocycles. The van der Waals surface area contributed by atoms with Crippen molar-refractivity contribution in [2.45, 2.75) is 51.5 Å². The molecule has 1 aliphatic carbocycles. The number of esters is 1. The van der Waals surface area contributed by atoms with Crippen molar-refractivity contribution in [3.63, 3.8) is 0 Å². The Morgan fingerprint density at radius 1 is 1.29 bits per heavy atom. The summed E-state index contributed by atoms with van der Waals surface area (Å²) in [4.78, 5) is 16.4. The quantitative estimate of drug-likeness (QED) is 0.322. The molecule has 1 saturated carbocycles. The Hall–Kier alpha value is -3.67. The Balaban J connectivity index is 2.10.